The maximum Gasteiger partial charge on any atom is 0.434 e. The summed E-state index contributed by atoms with van der Waals surface area (Å²) >= 11 is 12.3. The van der Waals surface area contributed by atoms with Crippen molar-refractivity contribution in [1.82, 2.24) is 20.4 Å². The fourth-order valence-corrected chi connectivity index (χ4v) is 3.98. The maximum absolute atomic E-state index is 13.0. The number of ether oxygens (including phenoxy) is 1. The molecule has 0 bridgehead atoms. The first-order valence-electron chi connectivity index (χ1n) is 10.4. The van der Waals surface area contributed by atoms with Crippen LogP contribution in [0.4, 0.5) is 4.79 Å². The van der Waals surface area contributed by atoms with Crippen LogP contribution in [0.3, 0.4) is 0 Å². The number of benzene rings is 1. The molecule has 1 aromatic carbocycles. The zero-order chi connectivity index (χ0) is 24.8. The summed E-state index contributed by atoms with van der Waals surface area (Å²) in [5.41, 5.74) is 5.43. The lowest BCUT2D eigenvalue weighted by molar-refractivity contribution is -0.139. The number of nitrogens with two attached hydrogens (primary N) is 1. The molecule has 3 rings (SSSR count). The second kappa shape index (κ2) is 11.4. The number of carbonyl (C=O) groups is 4. The third kappa shape index (κ3) is 6.32. The number of carboxylic acids is 1. The molecule has 34 heavy (non-hydrogen) atoms. The highest BCUT2D eigenvalue weighted by Gasteiger charge is 2.26. The first-order valence-corrected chi connectivity index (χ1v) is 11.2. The monoisotopic (exact) mass is 511 g/mol. The number of hydrogen-bond acceptors (Lipinski definition) is 8. The van der Waals surface area contributed by atoms with E-state index in [2.05, 4.69) is 15.7 Å². The Morgan fingerprint density at radius 1 is 1.24 bits per heavy atom. The smallest absolute Gasteiger partial charge is 0.434 e. The molecule has 0 aliphatic carbocycles. The number of hydrogen-bond donors (Lipinski definition) is 4. The third-order valence-electron chi connectivity index (χ3n) is 5.16. The second-order valence-corrected chi connectivity index (χ2v) is 8.48. The van der Waals surface area contributed by atoms with E-state index in [9.17, 15) is 19.2 Å². The summed E-state index contributed by atoms with van der Waals surface area (Å²) in [6.45, 7) is 0.881. The molecule has 1 amide bonds. The number of carbonyl (C=O) groups excluding carboxylic acids is 3. The van der Waals surface area contributed by atoms with Crippen LogP contribution in [0.2, 0.25) is 10.0 Å². The molecular weight excluding hydrogens is 489 g/mol. The van der Waals surface area contributed by atoms with Gasteiger partial charge in [-0.1, -0.05) is 29.3 Å². The number of aromatic nitrogens is 2. The summed E-state index contributed by atoms with van der Waals surface area (Å²) in [7, 11) is 0. The van der Waals surface area contributed by atoms with Gasteiger partial charge in [-0.2, -0.15) is 9.78 Å². The minimum atomic E-state index is -1.43. The van der Waals surface area contributed by atoms with Crippen LogP contribution in [0, 0.1) is 0 Å². The van der Waals surface area contributed by atoms with Gasteiger partial charge in [0.05, 0.1) is 15.6 Å². The van der Waals surface area contributed by atoms with Gasteiger partial charge in [-0.15, -0.1) is 0 Å². The normalized spacial score (nSPS) is 14.9. The van der Waals surface area contributed by atoms with Crippen LogP contribution in [-0.4, -0.2) is 70.4 Å². The van der Waals surface area contributed by atoms with E-state index < -0.39 is 36.4 Å². The molecule has 11 nitrogen and oxygen atoms in total. The van der Waals surface area contributed by atoms with Crippen LogP contribution < -0.4 is 16.4 Å². The zero-order valence-electron chi connectivity index (χ0n) is 17.9. The molecule has 1 unspecified atom stereocenters. The molecule has 0 radical (unpaired) electrons. The van der Waals surface area contributed by atoms with Crippen LogP contribution >= 0.6 is 23.2 Å². The Kier molecular flexibility index (Phi) is 8.61. The van der Waals surface area contributed by atoms with Gasteiger partial charge in [0.15, 0.2) is 11.5 Å². The molecule has 5 N–H and O–H groups in total. The van der Waals surface area contributed by atoms with Crippen molar-refractivity contribution in [2.45, 2.75) is 31.3 Å². The Morgan fingerprint density at radius 3 is 2.50 bits per heavy atom. The van der Waals surface area contributed by atoms with Gasteiger partial charge in [0.2, 0.25) is 0 Å². The molecule has 182 valence electrons. The number of Topliss-reactive ketones (excluding diaryl/α,β-unsaturated/α-hetero) is 1. The zero-order valence-corrected chi connectivity index (χ0v) is 19.4. The van der Waals surface area contributed by atoms with Crippen LogP contribution in [0.25, 0.3) is 0 Å². The number of piperidine rings is 1. The molecule has 1 aromatic heterocycles. The minimum absolute atomic E-state index is 0.0818. The van der Waals surface area contributed by atoms with Crippen molar-refractivity contribution in [3.63, 3.8) is 0 Å². The van der Waals surface area contributed by atoms with Gasteiger partial charge in [0.1, 0.15) is 12.6 Å². The molecular formula is C21H23Cl2N5O6. The van der Waals surface area contributed by atoms with Gasteiger partial charge >= 0.3 is 12.1 Å². The number of carboxylic acid groups (broad SMARTS) is 1. The van der Waals surface area contributed by atoms with Crippen molar-refractivity contribution in [2.75, 3.05) is 19.7 Å². The van der Waals surface area contributed by atoms with Crippen molar-refractivity contribution in [2.24, 2.45) is 5.73 Å². The lowest BCUT2D eigenvalue weighted by Gasteiger charge is -2.23. The van der Waals surface area contributed by atoms with Gasteiger partial charge in [0, 0.05) is 24.2 Å². The number of nitrogens with one attached hydrogen (secondary N) is 2. The lowest BCUT2D eigenvalue weighted by Crippen LogP contribution is -2.43. The van der Waals surface area contributed by atoms with Crippen molar-refractivity contribution < 1.29 is 29.0 Å². The first-order chi connectivity index (χ1) is 16.2. The van der Waals surface area contributed by atoms with Crippen LogP contribution in [0.15, 0.2) is 24.4 Å². The molecule has 2 heterocycles. The summed E-state index contributed by atoms with van der Waals surface area (Å²) < 4.78 is 5.59. The highest BCUT2D eigenvalue weighted by atomic mass is 35.5. The molecule has 0 spiro atoms. The van der Waals surface area contributed by atoms with Crippen molar-refractivity contribution >= 4 is 47.0 Å². The third-order valence-corrected chi connectivity index (χ3v) is 5.79. The van der Waals surface area contributed by atoms with Crippen molar-refractivity contribution in [1.29, 1.82) is 0 Å². The SMILES string of the molecule is NC(COC(=O)n1cc(CC(=O)c2c(Cl)cccc2Cl)c(C(=O)NC2CCNCC2)n1)C(=O)O. The van der Waals surface area contributed by atoms with E-state index in [1.54, 1.807) is 6.07 Å². The summed E-state index contributed by atoms with van der Waals surface area (Å²) in [4.78, 5) is 49.1. The van der Waals surface area contributed by atoms with E-state index in [1.165, 1.54) is 18.3 Å². The fraction of sp³-hybridized carbons (Fsp3) is 0.381. The number of rotatable bonds is 8. The molecule has 1 fully saturated rings. The van der Waals surface area contributed by atoms with E-state index in [4.69, 9.17) is 38.8 Å². The lowest BCUT2D eigenvalue weighted by atomic mass is 10.0. The molecule has 1 aliphatic heterocycles. The summed E-state index contributed by atoms with van der Waals surface area (Å²) in [6, 6.07) is 3.09. The Morgan fingerprint density at radius 2 is 1.88 bits per heavy atom. The van der Waals surface area contributed by atoms with E-state index >= 15 is 0 Å². The van der Waals surface area contributed by atoms with E-state index in [0.29, 0.717) is 12.8 Å². The van der Waals surface area contributed by atoms with Crippen molar-refractivity contribution in [3.8, 4) is 0 Å². The fourth-order valence-electron chi connectivity index (χ4n) is 3.37. The number of amides is 1. The number of ketones is 1. The van der Waals surface area contributed by atoms with Gasteiger partial charge in [0.25, 0.3) is 5.91 Å². The molecule has 0 saturated carbocycles. The molecule has 1 atom stereocenters. The van der Waals surface area contributed by atoms with Gasteiger partial charge in [-0.25, -0.2) is 4.79 Å². The van der Waals surface area contributed by atoms with E-state index in [-0.39, 0.29) is 39.3 Å². The molecule has 13 heteroatoms. The Hall–Kier alpha value is -2.99. The number of nitrogens with zero attached hydrogens (tertiary/aromatic N) is 2. The maximum atomic E-state index is 13.0. The topological polar surface area (TPSA) is 166 Å². The quantitative estimate of drug-likeness (QED) is 0.384. The average molecular weight is 512 g/mol. The largest absolute Gasteiger partial charge is 0.480 e. The Labute approximate surface area is 204 Å². The van der Waals surface area contributed by atoms with Crippen LogP contribution in [-0.2, 0) is 16.0 Å². The standard InChI is InChI=1S/C21H23Cl2N5O6/c22-13-2-1-3-14(23)17(13)16(29)8-11-9-28(21(33)34-10-15(24)20(31)32)27-18(11)19(30)26-12-4-6-25-7-5-12/h1-3,9,12,15,25H,4-8,10,24H2,(H,26,30)(H,31,32). The van der Waals surface area contributed by atoms with Gasteiger partial charge in [-0.05, 0) is 38.1 Å². The molecule has 1 aliphatic rings. The highest BCUT2D eigenvalue weighted by molar-refractivity contribution is 6.39. The number of aliphatic carboxylic acids is 1. The van der Waals surface area contributed by atoms with E-state index in [0.717, 1.165) is 17.8 Å². The van der Waals surface area contributed by atoms with Gasteiger partial charge < -0.3 is 26.2 Å². The highest BCUT2D eigenvalue weighted by Crippen LogP contribution is 2.26. The average Bonchev–Trinajstić information content (AvgIpc) is 3.21. The Balaban J connectivity index is 1.85. The Bertz CT molecular complexity index is 1080. The molecule has 1 saturated heterocycles. The van der Waals surface area contributed by atoms with Gasteiger partial charge in [-0.3, -0.25) is 14.4 Å². The number of halogens is 2. The predicted octanol–water partition coefficient (Wildman–Crippen LogP) is 1.49. The molecule has 2 aromatic rings. The van der Waals surface area contributed by atoms with Crippen LogP contribution in [0.5, 0.6) is 0 Å². The van der Waals surface area contributed by atoms with Crippen molar-refractivity contribution in [3.05, 3.63) is 51.3 Å². The summed E-state index contributed by atoms with van der Waals surface area (Å²) in [6.07, 6.45) is 1.23. The second-order valence-electron chi connectivity index (χ2n) is 7.66. The first kappa shape index (κ1) is 25.6. The van der Waals surface area contributed by atoms with E-state index in [1.807, 2.05) is 0 Å². The van der Waals surface area contributed by atoms with Crippen LogP contribution in [0.1, 0.15) is 39.3 Å². The summed E-state index contributed by atoms with van der Waals surface area (Å²) in [5.74, 6) is -2.39. The summed E-state index contributed by atoms with van der Waals surface area (Å²) in [5, 5.41) is 19.2. The minimum Gasteiger partial charge on any atom is -0.480 e. The predicted molar refractivity (Wildman–Crippen MR) is 122 cm³/mol.